The molecule has 0 fully saturated rings. The maximum Gasteiger partial charge on any atom is 0.255 e. The Morgan fingerprint density at radius 1 is 1.29 bits per heavy atom. The first-order valence-electron chi connectivity index (χ1n) is 6.68. The summed E-state index contributed by atoms with van der Waals surface area (Å²) in [4.78, 5) is 10.8. The highest BCUT2D eigenvalue weighted by molar-refractivity contribution is 9.10. The Balaban J connectivity index is 2.33. The van der Waals surface area contributed by atoms with Gasteiger partial charge in [-0.25, -0.2) is 0 Å². The molecule has 0 spiro atoms. The van der Waals surface area contributed by atoms with Crippen LogP contribution in [0.25, 0.3) is 11.6 Å². The number of nitrogens with two attached hydrogens (primary N) is 1. The van der Waals surface area contributed by atoms with Crippen LogP contribution in [0.1, 0.15) is 11.1 Å². The molecule has 2 aromatic rings. The van der Waals surface area contributed by atoms with Crippen LogP contribution in [0, 0.1) is 11.3 Å². The van der Waals surface area contributed by atoms with Crippen molar-refractivity contribution in [3.8, 4) is 11.8 Å². The molecule has 122 valence electrons. The lowest BCUT2D eigenvalue weighted by Gasteiger charge is -2.08. The van der Waals surface area contributed by atoms with Gasteiger partial charge in [0.15, 0.2) is 6.61 Å². The molecule has 2 rings (SSSR count). The zero-order chi connectivity index (χ0) is 17.7. The van der Waals surface area contributed by atoms with E-state index in [0.29, 0.717) is 31.4 Å². The van der Waals surface area contributed by atoms with Crippen LogP contribution in [0.4, 0.5) is 0 Å². The molecule has 0 aliphatic carbocycles. The molecule has 0 atom stereocenters. The minimum absolute atomic E-state index is 0.211. The van der Waals surface area contributed by atoms with Crippen molar-refractivity contribution in [2.45, 2.75) is 0 Å². The number of carbonyl (C=O) groups excluding carboxylic acids is 1. The summed E-state index contributed by atoms with van der Waals surface area (Å²) in [6.45, 7) is -0.211. The number of carbonyl (C=O) groups is 1. The van der Waals surface area contributed by atoms with Crippen LogP contribution in [-0.4, -0.2) is 12.5 Å². The topological polar surface area (TPSA) is 76.1 Å². The summed E-state index contributed by atoms with van der Waals surface area (Å²) >= 11 is 15.4. The molecule has 0 aliphatic rings. The average molecular weight is 426 g/mol. The van der Waals surface area contributed by atoms with E-state index in [1.54, 1.807) is 42.5 Å². The van der Waals surface area contributed by atoms with Crippen molar-refractivity contribution in [2.24, 2.45) is 5.73 Å². The molecule has 2 N–H and O–H groups in total. The maximum atomic E-state index is 10.8. The van der Waals surface area contributed by atoms with E-state index in [-0.39, 0.29) is 6.61 Å². The lowest BCUT2D eigenvalue weighted by Crippen LogP contribution is -2.20. The Labute approximate surface area is 157 Å². The van der Waals surface area contributed by atoms with Gasteiger partial charge >= 0.3 is 0 Å². The van der Waals surface area contributed by atoms with Gasteiger partial charge in [0.05, 0.1) is 21.1 Å². The van der Waals surface area contributed by atoms with Gasteiger partial charge in [0.1, 0.15) is 5.75 Å². The first-order chi connectivity index (χ1) is 11.4. The van der Waals surface area contributed by atoms with Crippen molar-refractivity contribution in [3.05, 3.63) is 62.0 Å². The Kier molecular flexibility index (Phi) is 6.27. The molecule has 0 aromatic heterocycles. The molecule has 0 aliphatic heterocycles. The van der Waals surface area contributed by atoms with Crippen molar-refractivity contribution >= 4 is 56.7 Å². The van der Waals surface area contributed by atoms with E-state index in [1.807, 2.05) is 0 Å². The van der Waals surface area contributed by atoms with Crippen LogP contribution in [0.15, 0.2) is 40.9 Å². The standard InChI is InChI=1S/C17H11BrCl2N2O2/c18-14-6-10(1-4-16(14)24-9-17(22)23)5-11(8-21)13-3-2-12(19)7-15(13)20/h1-7H,9H2,(H2,22,23)/b11-5+. The lowest BCUT2D eigenvalue weighted by atomic mass is 10.0. The van der Waals surface area contributed by atoms with Gasteiger partial charge < -0.3 is 10.5 Å². The summed E-state index contributed by atoms with van der Waals surface area (Å²) in [5.74, 6) is -0.0796. The monoisotopic (exact) mass is 424 g/mol. The van der Waals surface area contributed by atoms with Gasteiger partial charge in [-0.3, -0.25) is 4.79 Å². The van der Waals surface area contributed by atoms with Crippen LogP contribution >= 0.6 is 39.1 Å². The molecule has 24 heavy (non-hydrogen) atoms. The zero-order valence-electron chi connectivity index (χ0n) is 12.2. The van der Waals surface area contributed by atoms with Crippen LogP contribution in [-0.2, 0) is 4.79 Å². The molecule has 0 saturated carbocycles. The fourth-order valence-electron chi connectivity index (χ4n) is 1.92. The summed E-state index contributed by atoms with van der Waals surface area (Å²) in [7, 11) is 0. The van der Waals surface area contributed by atoms with Gasteiger partial charge in [0.2, 0.25) is 0 Å². The molecular weight excluding hydrogens is 415 g/mol. The zero-order valence-corrected chi connectivity index (χ0v) is 15.3. The molecular formula is C17H11BrCl2N2O2. The van der Waals surface area contributed by atoms with Gasteiger partial charge in [-0.05, 0) is 51.8 Å². The van der Waals surface area contributed by atoms with Crippen molar-refractivity contribution in [1.29, 1.82) is 5.26 Å². The fourth-order valence-corrected chi connectivity index (χ4v) is 2.94. The van der Waals surface area contributed by atoms with Crippen molar-refractivity contribution < 1.29 is 9.53 Å². The number of hydrogen-bond acceptors (Lipinski definition) is 3. The second-order valence-corrected chi connectivity index (χ2v) is 6.44. The largest absolute Gasteiger partial charge is 0.483 e. The van der Waals surface area contributed by atoms with Crippen LogP contribution < -0.4 is 10.5 Å². The normalized spacial score (nSPS) is 11.0. The van der Waals surface area contributed by atoms with Crippen LogP contribution in [0.5, 0.6) is 5.75 Å². The van der Waals surface area contributed by atoms with E-state index < -0.39 is 5.91 Å². The molecule has 0 unspecified atom stereocenters. The van der Waals surface area contributed by atoms with Gasteiger partial charge in [0, 0.05) is 10.6 Å². The number of nitrogens with zero attached hydrogens (tertiary/aromatic N) is 1. The van der Waals surface area contributed by atoms with Crippen LogP contribution in [0.2, 0.25) is 10.0 Å². The summed E-state index contributed by atoms with van der Waals surface area (Å²) in [5.41, 5.74) is 6.80. The SMILES string of the molecule is N#C/C(=C\c1ccc(OCC(N)=O)c(Br)c1)c1ccc(Cl)cc1Cl. The minimum atomic E-state index is -0.560. The third kappa shape index (κ3) is 4.75. The maximum absolute atomic E-state index is 10.8. The lowest BCUT2D eigenvalue weighted by molar-refractivity contribution is -0.119. The minimum Gasteiger partial charge on any atom is -0.483 e. The first-order valence-corrected chi connectivity index (χ1v) is 8.23. The van der Waals surface area contributed by atoms with E-state index >= 15 is 0 Å². The van der Waals surface area contributed by atoms with E-state index in [0.717, 1.165) is 5.56 Å². The third-order valence-corrected chi connectivity index (χ3v) is 4.15. The summed E-state index contributed by atoms with van der Waals surface area (Å²) in [6, 6.07) is 12.3. The van der Waals surface area contributed by atoms with E-state index in [1.165, 1.54) is 0 Å². The van der Waals surface area contributed by atoms with E-state index in [9.17, 15) is 10.1 Å². The summed E-state index contributed by atoms with van der Waals surface area (Å²) < 4.78 is 5.89. The Morgan fingerprint density at radius 2 is 2.04 bits per heavy atom. The highest BCUT2D eigenvalue weighted by Gasteiger charge is 2.09. The summed E-state index contributed by atoms with van der Waals surface area (Å²) in [5, 5.41) is 10.3. The number of hydrogen-bond donors (Lipinski definition) is 1. The van der Waals surface area contributed by atoms with E-state index in [4.69, 9.17) is 33.7 Å². The molecule has 0 heterocycles. The quantitative estimate of drug-likeness (QED) is 0.557. The predicted molar refractivity (Wildman–Crippen MR) is 98.8 cm³/mol. The number of nitriles is 1. The number of allylic oxidation sites excluding steroid dienone is 1. The molecule has 2 aromatic carbocycles. The first kappa shape index (κ1) is 18.3. The molecule has 0 saturated heterocycles. The Hall–Kier alpha value is -2.00. The third-order valence-electron chi connectivity index (χ3n) is 2.98. The van der Waals surface area contributed by atoms with Crippen molar-refractivity contribution in [1.82, 2.24) is 0 Å². The van der Waals surface area contributed by atoms with Gasteiger partial charge in [-0.1, -0.05) is 35.3 Å². The molecule has 1 amide bonds. The number of primary amides is 1. The molecule has 7 heteroatoms. The second kappa shape index (κ2) is 8.20. The highest BCUT2D eigenvalue weighted by atomic mass is 79.9. The average Bonchev–Trinajstić information content (AvgIpc) is 2.52. The number of benzene rings is 2. The Bertz CT molecular complexity index is 860. The summed E-state index contributed by atoms with van der Waals surface area (Å²) in [6.07, 6.45) is 1.69. The van der Waals surface area contributed by atoms with Gasteiger partial charge in [0.25, 0.3) is 5.91 Å². The molecule has 0 radical (unpaired) electrons. The number of halogens is 3. The molecule has 4 nitrogen and oxygen atoms in total. The number of rotatable bonds is 5. The highest BCUT2D eigenvalue weighted by Crippen LogP contribution is 2.30. The smallest absolute Gasteiger partial charge is 0.255 e. The van der Waals surface area contributed by atoms with Crippen molar-refractivity contribution in [3.63, 3.8) is 0 Å². The molecule has 0 bridgehead atoms. The number of ether oxygens (including phenoxy) is 1. The second-order valence-electron chi connectivity index (χ2n) is 4.74. The van der Waals surface area contributed by atoms with E-state index in [2.05, 4.69) is 22.0 Å². The van der Waals surface area contributed by atoms with Gasteiger partial charge in [-0.2, -0.15) is 5.26 Å². The van der Waals surface area contributed by atoms with Gasteiger partial charge in [-0.15, -0.1) is 0 Å². The Morgan fingerprint density at radius 3 is 2.62 bits per heavy atom. The number of amides is 1. The fraction of sp³-hybridized carbons (Fsp3) is 0.0588. The van der Waals surface area contributed by atoms with Crippen LogP contribution in [0.3, 0.4) is 0 Å². The predicted octanol–water partition coefficient (Wildman–Crippen LogP) is 4.68. The van der Waals surface area contributed by atoms with Crippen molar-refractivity contribution in [2.75, 3.05) is 6.61 Å².